The highest BCUT2D eigenvalue weighted by atomic mass is 16.5. The Bertz CT molecular complexity index is 179. The van der Waals surface area contributed by atoms with Crippen LogP contribution in [0.4, 0.5) is 0 Å². The molecule has 2 aliphatic heterocycles. The SMILES string of the molecule is COC(=O)CC12CC(CN1)C2. The van der Waals surface area contributed by atoms with Gasteiger partial charge in [0.15, 0.2) is 0 Å². The Balaban J connectivity index is 1.91. The first-order chi connectivity index (χ1) is 5.24. The summed E-state index contributed by atoms with van der Waals surface area (Å²) in [5.41, 5.74) is 0.137. The largest absolute Gasteiger partial charge is 0.469 e. The number of carbonyl (C=O) groups is 1. The summed E-state index contributed by atoms with van der Waals surface area (Å²) in [6, 6.07) is 0. The molecule has 1 aliphatic carbocycles. The van der Waals surface area contributed by atoms with Crippen LogP contribution in [0.15, 0.2) is 0 Å². The van der Waals surface area contributed by atoms with Crippen molar-refractivity contribution in [3.63, 3.8) is 0 Å². The van der Waals surface area contributed by atoms with Gasteiger partial charge in [0.05, 0.1) is 13.5 Å². The second kappa shape index (κ2) is 2.21. The molecule has 2 bridgehead atoms. The van der Waals surface area contributed by atoms with Crippen molar-refractivity contribution in [1.82, 2.24) is 5.32 Å². The van der Waals surface area contributed by atoms with Crippen molar-refractivity contribution in [3.05, 3.63) is 0 Å². The highest BCUT2D eigenvalue weighted by Crippen LogP contribution is 2.45. The third kappa shape index (κ3) is 1.03. The van der Waals surface area contributed by atoms with Gasteiger partial charge in [-0.2, -0.15) is 0 Å². The Morgan fingerprint density at radius 3 is 2.91 bits per heavy atom. The first kappa shape index (κ1) is 7.10. The number of nitrogens with one attached hydrogen (secondary N) is 1. The lowest BCUT2D eigenvalue weighted by Gasteiger charge is -2.36. The molecule has 3 fully saturated rings. The minimum Gasteiger partial charge on any atom is -0.469 e. The smallest absolute Gasteiger partial charge is 0.307 e. The fraction of sp³-hybridized carbons (Fsp3) is 0.875. The van der Waals surface area contributed by atoms with Gasteiger partial charge in [-0.1, -0.05) is 0 Å². The fourth-order valence-corrected chi connectivity index (χ4v) is 2.25. The lowest BCUT2D eigenvalue weighted by Crippen LogP contribution is -2.45. The second-order valence-electron chi connectivity index (χ2n) is 3.69. The maximum atomic E-state index is 10.9. The molecule has 2 saturated heterocycles. The summed E-state index contributed by atoms with van der Waals surface area (Å²) >= 11 is 0. The van der Waals surface area contributed by atoms with E-state index in [0.29, 0.717) is 6.42 Å². The first-order valence-electron chi connectivity index (χ1n) is 4.06. The van der Waals surface area contributed by atoms with Crippen LogP contribution < -0.4 is 5.32 Å². The number of fused-ring (bicyclic) bond motifs is 1. The Kier molecular flexibility index (Phi) is 1.42. The van der Waals surface area contributed by atoms with Crippen molar-refractivity contribution in [2.75, 3.05) is 13.7 Å². The van der Waals surface area contributed by atoms with Crippen LogP contribution in [0.25, 0.3) is 0 Å². The van der Waals surface area contributed by atoms with Crippen LogP contribution in [0.5, 0.6) is 0 Å². The maximum Gasteiger partial charge on any atom is 0.307 e. The van der Waals surface area contributed by atoms with E-state index in [9.17, 15) is 4.79 Å². The molecule has 3 heteroatoms. The van der Waals surface area contributed by atoms with Gasteiger partial charge in [-0.05, 0) is 25.3 Å². The molecule has 0 atom stereocenters. The number of rotatable bonds is 2. The molecule has 3 aliphatic rings. The molecule has 0 amide bonds. The van der Waals surface area contributed by atoms with Gasteiger partial charge in [-0.3, -0.25) is 4.79 Å². The summed E-state index contributed by atoms with van der Waals surface area (Å²) in [6.07, 6.45) is 2.89. The molecule has 0 unspecified atom stereocenters. The van der Waals surface area contributed by atoms with Gasteiger partial charge in [-0.25, -0.2) is 0 Å². The van der Waals surface area contributed by atoms with Crippen LogP contribution in [0, 0.1) is 5.92 Å². The molecule has 0 aromatic carbocycles. The Hall–Kier alpha value is -0.570. The van der Waals surface area contributed by atoms with Gasteiger partial charge in [0.1, 0.15) is 0 Å². The van der Waals surface area contributed by atoms with Crippen molar-refractivity contribution in [2.45, 2.75) is 24.8 Å². The summed E-state index contributed by atoms with van der Waals surface area (Å²) in [7, 11) is 1.45. The van der Waals surface area contributed by atoms with Crippen molar-refractivity contribution in [1.29, 1.82) is 0 Å². The highest BCUT2D eigenvalue weighted by Gasteiger charge is 2.51. The van der Waals surface area contributed by atoms with Crippen LogP contribution in [-0.2, 0) is 9.53 Å². The number of hydrogen-bond donors (Lipinski definition) is 1. The zero-order chi connectivity index (χ0) is 7.90. The van der Waals surface area contributed by atoms with Crippen LogP contribution in [-0.4, -0.2) is 25.2 Å². The van der Waals surface area contributed by atoms with E-state index in [-0.39, 0.29) is 11.5 Å². The van der Waals surface area contributed by atoms with E-state index in [1.165, 1.54) is 20.0 Å². The molecule has 1 saturated carbocycles. The van der Waals surface area contributed by atoms with Gasteiger partial charge >= 0.3 is 5.97 Å². The van der Waals surface area contributed by atoms with Crippen LogP contribution in [0.1, 0.15) is 19.3 Å². The standard InChI is InChI=1S/C8H13NO2/c1-11-7(10)4-8-2-6(3-8)5-9-8/h6,9H,2-5H2,1H3. The van der Waals surface area contributed by atoms with Gasteiger partial charge in [0.25, 0.3) is 0 Å². The van der Waals surface area contributed by atoms with E-state index in [1.807, 2.05) is 0 Å². The number of esters is 1. The van der Waals surface area contributed by atoms with Gasteiger partial charge in [0.2, 0.25) is 0 Å². The molecule has 0 aromatic rings. The van der Waals surface area contributed by atoms with E-state index in [2.05, 4.69) is 10.1 Å². The Morgan fingerprint density at radius 1 is 1.73 bits per heavy atom. The van der Waals surface area contributed by atoms with Crippen molar-refractivity contribution >= 4 is 5.97 Å². The summed E-state index contributed by atoms with van der Waals surface area (Å²) in [4.78, 5) is 10.9. The highest BCUT2D eigenvalue weighted by molar-refractivity contribution is 5.71. The molecular weight excluding hydrogens is 142 g/mol. The number of ether oxygens (including phenoxy) is 1. The summed E-state index contributed by atoms with van der Waals surface area (Å²) < 4.78 is 4.62. The van der Waals surface area contributed by atoms with Gasteiger partial charge in [-0.15, -0.1) is 0 Å². The second-order valence-corrected chi connectivity index (χ2v) is 3.69. The van der Waals surface area contributed by atoms with E-state index in [4.69, 9.17) is 0 Å². The quantitative estimate of drug-likeness (QED) is 0.583. The predicted octanol–water partition coefficient (Wildman–Crippen LogP) is 0.301. The normalized spacial score (nSPS) is 39.9. The lowest BCUT2D eigenvalue weighted by atomic mass is 9.72. The zero-order valence-electron chi connectivity index (χ0n) is 6.72. The lowest BCUT2D eigenvalue weighted by molar-refractivity contribution is -0.142. The minimum absolute atomic E-state index is 0.0853. The van der Waals surface area contributed by atoms with Crippen molar-refractivity contribution in [3.8, 4) is 0 Å². The van der Waals surface area contributed by atoms with E-state index >= 15 is 0 Å². The number of carbonyl (C=O) groups excluding carboxylic acids is 1. The zero-order valence-corrected chi connectivity index (χ0v) is 6.72. The molecule has 0 radical (unpaired) electrons. The topological polar surface area (TPSA) is 38.3 Å². The third-order valence-corrected chi connectivity index (χ3v) is 2.83. The molecule has 3 rings (SSSR count). The van der Waals surface area contributed by atoms with Crippen LogP contribution in [0.3, 0.4) is 0 Å². The summed E-state index contributed by atoms with van der Waals surface area (Å²) in [5.74, 6) is 0.748. The summed E-state index contributed by atoms with van der Waals surface area (Å²) in [5, 5.41) is 3.37. The van der Waals surface area contributed by atoms with E-state index < -0.39 is 0 Å². The average Bonchev–Trinajstić information content (AvgIpc) is 2.45. The summed E-state index contributed by atoms with van der Waals surface area (Å²) in [6.45, 7) is 1.09. The third-order valence-electron chi connectivity index (χ3n) is 2.83. The van der Waals surface area contributed by atoms with Crippen molar-refractivity contribution < 1.29 is 9.53 Å². The van der Waals surface area contributed by atoms with Gasteiger partial charge in [0, 0.05) is 5.54 Å². The Morgan fingerprint density at radius 2 is 2.45 bits per heavy atom. The first-order valence-corrected chi connectivity index (χ1v) is 4.06. The van der Waals surface area contributed by atoms with Crippen molar-refractivity contribution in [2.24, 2.45) is 5.92 Å². The molecule has 0 aromatic heterocycles. The molecule has 11 heavy (non-hydrogen) atoms. The molecule has 62 valence electrons. The van der Waals surface area contributed by atoms with E-state index in [1.54, 1.807) is 0 Å². The van der Waals surface area contributed by atoms with E-state index in [0.717, 1.165) is 12.5 Å². The van der Waals surface area contributed by atoms with Crippen LogP contribution in [0.2, 0.25) is 0 Å². The number of hydrogen-bond acceptors (Lipinski definition) is 3. The molecule has 1 N–H and O–H groups in total. The minimum atomic E-state index is -0.0853. The predicted molar refractivity (Wildman–Crippen MR) is 40.1 cm³/mol. The monoisotopic (exact) mass is 155 g/mol. The van der Waals surface area contributed by atoms with Crippen LogP contribution >= 0.6 is 0 Å². The molecule has 3 nitrogen and oxygen atoms in total. The molecule has 0 spiro atoms. The average molecular weight is 155 g/mol. The molecule has 2 heterocycles. The Labute approximate surface area is 66.1 Å². The number of methoxy groups -OCH3 is 1. The maximum absolute atomic E-state index is 10.9. The van der Waals surface area contributed by atoms with Gasteiger partial charge < -0.3 is 10.1 Å². The fourth-order valence-electron chi connectivity index (χ4n) is 2.25. The molecular formula is C8H13NO2.